The molecule has 1 aliphatic rings. The molecular weight excluding hydrogens is 374 g/mol. The molecule has 3 N–H and O–H groups in total. The lowest BCUT2D eigenvalue weighted by Crippen LogP contribution is -2.22. The molecule has 2 aromatic heterocycles. The van der Waals surface area contributed by atoms with Gasteiger partial charge >= 0.3 is 6.18 Å². The Morgan fingerprint density at radius 2 is 2.00 bits per heavy atom. The first-order valence-electron chi connectivity index (χ1n) is 9.28. The number of hydrogen-bond donors (Lipinski definition) is 2. The molecule has 1 unspecified atom stereocenters. The van der Waals surface area contributed by atoms with Crippen molar-refractivity contribution in [2.45, 2.75) is 39.3 Å². The lowest BCUT2D eigenvalue weighted by Gasteiger charge is -2.11. The highest BCUT2D eigenvalue weighted by Gasteiger charge is 2.34. The van der Waals surface area contributed by atoms with Crippen molar-refractivity contribution in [3.05, 3.63) is 29.8 Å². The van der Waals surface area contributed by atoms with Crippen LogP contribution in [-0.4, -0.2) is 46.2 Å². The summed E-state index contributed by atoms with van der Waals surface area (Å²) in [4.78, 5) is 12.8. The summed E-state index contributed by atoms with van der Waals surface area (Å²) in [6.45, 7) is 8.75. The highest BCUT2D eigenvalue weighted by Crippen LogP contribution is 2.34. The van der Waals surface area contributed by atoms with E-state index >= 15 is 0 Å². The van der Waals surface area contributed by atoms with Gasteiger partial charge in [0.05, 0.1) is 17.5 Å². The number of nitrogen functional groups attached to an aromatic ring is 1. The Hall–Kier alpha value is -2.16. The fraction of sp³-hybridized carbons (Fsp3) is 0.579. The lowest BCUT2D eigenvalue weighted by molar-refractivity contribution is -0.137. The van der Waals surface area contributed by atoms with Gasteiger partial charge in [0, 0.05) is 30.8 Å². The fourth-order valence-electron chi connectivity index (χ4n) is 2.98. The van der Waals surface area contributed by atoms with Gasteiger partial charge in [-0.05, 0) is 24.9 Å². The van der Waals surface area contributed by atoms with Crippen LogP contribution in [0.25, 0.3) is 11.3 Å². The van der Waals surface area contributed by atoms with Gasteiger partial charge in [0.15, 0.2) is 0 Å². The molecule has 2 aromatic rings. The molecule has 28 heavy (non-hydrogen) atoms. The minimum Gasteiger partial charge on any atom is -0.383 e. The van der Waals surface area contributed by atoms with Gasteiger partial charge in [0.2, 0.25) is 0 Å². The van der Waals surface area contributed by atoms with E-state index in [9.17, 15) is 17.6 Å². The second kappa shape index (κ2) is 9.36. The van der Waals surface area contributed by atoms with Gasteiger partial charge in [-0.1, -0.05) is 20.8 Å². The number of rotatable bonds is 4. The number of anilines is 1. The number of aromatic amines is 1. The van der Waals surface area contributed by atoms with Crippen LogP contribution in [0.3, 0.4) is 0 Å². The number of nitrogens with two attached hydrogens (primary N) is 1. The van der Waals surface area contributed by atoms with Gasteiger partial charge in [-0.25, -0.2) is 14.4 Å². The molecule has 0 spiro atoms. The van der Waals surface area contributed by atoms with E-state index in [2.05, 4.69) is 26.8 Å². The molecule has 0 amide bonds. The third-order valence-corrected chi connectivity index (χ3v) is 4.59. The van der Waals surface area contributed by atoms with Crippen LogP contribution in [0.4, 0.5) is 23.4 Å². The Balaban J connectivity index is 0.000000261. The monoisotopic (exact) mass is 401 g/mol. The van der Waals surface area contributed by atoms with E-state index in [1.165, 1.54) is 18.8 Å². The molecule has 3 rings (SSSR count). The van der Waals surface area contributed by atoms with Crippen LogP contribution in [-0.2, 0) is 6.18 Å². The van der Waals surface area contributed by atoms with Gasteiger partial charge in [0.25, 0.3) is 0 Å². The third kappa shape index (κ3) is 5.92. The molecule has 0 bridgehead atoms. The van der Waals surface area contributed by atoms with Crippen molar-refractivity contribution in [2.75, 3.05) is 32.0 Å². The van der Waals surface area contributed by atoms with Crippen LogP contribution in [0.5, 0.6) is 0 Å². The summed E-state index contributed by atoms with van der Waals surface area (Å²) in [5.74, 6) is 1.13. The SMILES string of the molecule is CC(C)c1ncc(-c2cnc(N)c(C(F)(F)F)c2)[nH]1.CC1CCN(CCF)C1. The summed E-state index contributed by atoms with van der Waals surface area (Å²) < 4.78 is 49.9. The number of imidazole rings is 1. The Morgan fingerprint density at radius 3 is 2.50 bits per heavy atom. The van der Waals surface area contributed by atoms with Crippen molar-refractivity contribution < 1.29 is 17.6 Å². The molecule has 1 fully saturated rings. The summed E-state index contributed by atoms with van der Waals surface area (Å²) in [5, 5.41) is 0. The molecular formula is C19H27F4N5. The molecule has 1 aliphatic heterocycles. The fourth-order valence-corrected chi connectivity index (χ4v) is 2.98. The molecule has 0 saturated carbocycles. The van der Waals surface area contributed by atoms with E-state index in [-0.39, 0.29) is 12.6 Å². The van der Waals surface area contributed by atoms with Crippen LogP contribution >= 0.6 is 0 Å². The zero-order valence-electron chi connectivity index (χ0n) is 16.4. The number of halogens is 4. The van der Waals surface area contributed by atoms with Gasteiger partial charge in [-0.3, -0.25) is 0 Å². The van der Waals surface area contributed by atoms with Crippen LogP contribution in [0.1, 0.15) is 44.5 Å². The number of H-pyrrole nitrogens is 1. The highest BCUT2D eigenvalue weighted by atomic mass is 19.4. The van der Waals surface area contributed by atoms with Crippen molar-refractivity contribution in [1.82, 2.24) is 19.9 Å². The van der Waals surface area contributed by atoms with Gasteiger partial charge in [0.1, 0.15) is 18.3 Å². The highest BCUT2D eigenvalue weighted by molar-refractivity contribution is 5.61. The minimum atomic E-state index is -4.52. The summed E-state index contributed by atoms with van der Waals surface area (Å²) in [6, 6.07) is 0.972. The molecule has 5 nitrogen and oxygen atoms in total. The Labute approximate surface area is 162 Å². The van der Waals surface area contributed by atoms with Crippen LogP contribution < -0.4 is 5.73 Å². The average molecular weight is 401 g/mol. The summed E-state index contributed by atoms with van der Waals surface area (Å²) in [7, 11) is 0. The molecule has 0 radical (unpaired) electrons. The number of likely N-dealkylation sites (tertiary alicyclic amines) is 1. The number of hydrogen-bond acceptors (Lipinski definition) is 4. The molecule has 1 atom stereocenters. The maximum absolute atomic E-state index is 12.7. The number of nitrogens with one attached hydrogen (secondary N) is 1. The maximum Gasteiger partial charge on any atom is 0.419 e. The largest absolute Gasteiger partial charge is 0.419 e. The third-order valence-electron chi connectivity index (χ3n) is 4.59. The van der Waals surface area contributed by atoms with Gasteiger partial charge < -0.3 is 15.6 Å². The first-order valence-corrected chi connectivity index (χ1v) is 9.28. The number of aromatic nitrogens is 3. The predicted molar refractivity (Wildman–Crippen MR) is 102 cm³/mol. The second-order valence-electron chi connectivity index (χ2n) is 7.37. The predicted octanol–water partition coefficient (Wildman–Crippen LogP) is 4.49. The smallest absolute Gasteiger partial charge is 0.383 e. The van der Waals surface area contributed by atoms with Crippen LogP contribution in [0, 0.1) is 5.92 Å². The maximum atomic E-state index is 12.7. The molecule has 156 valence electrons. The van der Waals surface area contributed by atoms with Crippen LogP contribution in [0.15, 0.2) is 18.5 Å². The van der Waals surface area contributed by atoms with E-state index in [0.717, 1.165) is 25.1 Å². The average Bonchev–Trinajstić information content (AvgIpc) is 3.25. The van der Waals surface area contributed by atoms with Gasteiger partial charge in [-0.2, -0.15) is 13.2 Å². The summed E-state index contributed by atoms with van der Waals surface area (Å²) in [5.41, 5.74) is 5.11. The van der Waals surface area contributed by atoms with E-state index in [1.807, 2.05) is 13.8 Å². The van der Waals surface area contributed by atoms with E-state index in [4.69, 9.17) is 5.73 Å². The number of alkyl halides is 4. The zero-order valence-corrected chi connectivity index (χ0v) is 16.4. The summed E-state index contributed by atoms with van der Waals surface area (Å²) >= 11 is 0. The minimum absolute atomic E-state index is 0.164. The zero-order chi connectivity index (χ0) is 20.9. The van der Waals surface area contributed by atoms with Crippen molar-refractivity contribution in [2.24, 2.45) is 5.92 Å². The van der Waals surface area contributed by atoms with E-state index in [1.54, 1.807) is 0 Å². The first-order chi connectivity index (χ1) is 13.1. The normalized spacial score (nSPS) is 17.6. The van der Waals surface area contributed by atoms with Gasteiger partial charge in [-0.15, -0.1) is 0 Å². The van der Waals surface area contributed by atoms with E-state index in [0.29, 0.717) is 23.6 Å². The molecule has 1 saturated heterocycles. The topological polar surface area (TPSA) is 70.8 Å². The lowest BCUT2D eigenvalue weighted by atomic mass is 10.1. The Kier molecular flexibility index (Phi) is 7.40. The Bertz CT molecular complexity index is 755. The second-order valence-corrected chi connectivity index (χ2v) is 7.37. The van der Waals surface area contributed by atoms with Crippen molar-refractivity contribution in [3.63, 3.8) is 0 Å². The standard InChI is InChI=1S/C12H13F3N4.C7H14FN/c1-6(2)11-18-5-9(19-11)7-3-8(12(13,14)15)10(16)17-4-7;1-7-2-4-9(6-7)5-3-8/h3-6H,1-2H3,(H2,16,17)(H,18,19);7H,2-6H2,1H3. The summed E-state index contributed by atoms with van der Waals surface area (Å²) in [6.07, 6.45) is -0.487. The quantitative estimate of drug-likeness (QED) is 0.741. The van der Waals surface area contributed by atoms with Crippen molar-refractivity contribution in [3.8, 4) is 11.3 Å². The van der Waals surface area contributed by atoms with Crippen molar-refractivity contribution >= 4 is 5.82 Å². The Morgan fingerprint density at radius 1 is 1.29 bits per heavy atom. The van der Waals surface area contributed by atoms with Crippen molar-refractivity contribution in [1.29, 1.82) is 0 Å². The molecule has 3 heterocycles. The van der Waals surface area contributed by atoms with E-state index < -0.39 is 17.6 Å². The number of pyridine rings is 1. The number of nitrogens with zero attached hydrogens (tertiary/aromatic N) is 3. The first kappa shape index (κ1) is 22.1. The molecule has 0 aliphatic carbocycles. The van der Waals surface area contributed by atoms with Crippen LogP contribution in [0.2, 0.25) is 0 Å². The molecule has 9 heteroatoms. The molecule has 0 aromatic carbocycles.